The van der Waals surface area contributed by atoms with Gasteiger partial charge in [0.05, 0.1) is 20.3 Å². The van der Waals surface area contributed by atoms with Crippen LogP contribution in [0.1, 0.15) is 25.3 Å². The van der Waals surface area contributed by atoms with Crippen molar-refractivity contribution in [3.05, 3.63) is 29.8 Å². The molecule has 0 aromatic heterocycles. The molecule has 1 unspecified atom stereocenters. The second kappa shape index (κ2) is 7.65. The topological polar surface area (TPSA) is 24.9 Å². The Bertz CT molecular complexity index is 491. The number of nitrogens with zero attached hydrogens (tertiary/aromatic N) is 2. The number of likely N-dealkylation sites (tertiary alicyclic amines) is 1. The standard InChI is InChI=1S/C19H30N2O2/c1-3-20-11-12-23-16-19(14-20)9-4-10-21(15-19)13-17-5-7-18(22-2)8-6-17/h5-8H,3-4,9-16H2,1-2H3. The van der Waals surface area contributed by atoms with Gasteiger partial charge in [-0.15, -0.1) is 0 Å². The molecular weight excluding hydrogens is 288 g/mol. The molecule has 4 nitrogen and oxygen atoms in total. The molecule has 0 aliphatic carbocycles. The zero-order valence-electron chi connectivity index (χ0n) is 14.6. The molecular formula is C19H30N2O2. The van der Waals surface area contributed by atoms with E-state index in [-0.39, 0.29) is 0 Å². The van der Waals surface area contributed by atoms with Gasteiger partial charge in [0.1, 0.15) is 5.75 Å². The van der Waals surface area contributed by atoms with Gasteiger partial charge in [-0.1, -0.05) is 19.1 Å². The molecule has 1 aromatic rings. The van der Waals surface area contributed by atoms with Crippen LogP contribution in [0.3, 0.4) is 0 Å². The molecule has 3 rings (SSSR count). The summed E-state index contributed by atoms with van der Waals surface area (Å²) in [5.74, 6) is 0.930. The average molecular weight is 318 g/mol. The molecule has 1 aromatic carbocycles. The lowest BCUT2D eigenvalue weighted by molar-refractivity contribution is 0.00333. The van der Waals surface area contributed by atoms with Gasteiger partial charge in [0, 0.05) is 31.6 Å². The predicted molar refractivity (Wildman–Crippen MR) is 92.9 cm³/mol. The van der Waals surface area contributed by atoms with Gasteiger partial charge in [-0.2, -0.15) is 0 Å². The van der Waals surface area contributed by atoms with E-state index in [0.29, 0.717) is 5.41 Å². The Morgan fingerprint density at radius 2 is 1.91 bits per heavy atom. The van der Waals surface area contributed by atoms with Crippen molar-refractivity contribution in [2.24, 2.45) is 5.41 Å². The summed E-state index contributed by atoms with van der Waals surface area (Å²) in [6, 6.07) is 8.48. The van der Waals surface area contributed by atoms with E-state index in [1.807, 2.05) is 0 Å². The first-order valence-electron chi connectivity index (χ1n) is 8.88. The second-order valence-corrected chi connectivity index (χ2v) is 7.08. The van der Waals surface area contributed by atoms with Crippen LogP contribution < -0.4 is 4.74 Å². The third-order valence-corrected chi connectivity index (χ3v) is 5.27. The van der Waals surface area contributed by atoms with Crippen LogP contribution in [0.4, 0.5) is 0 Å². The van der Waals surface area contributed by atoms with Crippen molar-refractivity contribution in [2.75, 3.05) is 53.0 Å². The van der Waals surface area contributed by atoms with Crippen molar-refractivity contribution < 1.29 is 9.47 Å². The third kappa shape index (κ3) is 4.25. The summed E-state index contributed by atoms with van der Waals surface area (Å²) in [5.41, 5.74) is 1.68. The minimum Gasteiger partial charge on any atom is -0.497 e. The first-order chi connectivity index (χ1) is 11.2. The highest BCUT2D eigenvalue weighted by atomic mass is 16.5. The lowest BCUT2D eigenvalue weighted by Crippen LogP contribution is -2.50. The van der Waals surface area contributed by atoms with Crippen LogP contribution in [0.5, 0.6) is 5.75 Å². The number of ether oxygens (including phenoxy) is 2. The maximum Gasteiger partial charge on any atom is 0.118 e. The Morgan fingerprint density at radius 1 is 1.13 bits per heavy atom. The van der Waals surface area contributed by atoms with Crippen molar-refractivity contribution in [3.8, 4) is 5.75 Å². The van der Waals surface area contributed by atoms with Gasteiger partial charge in [0.2, 0.25) is 0 Å². The lowest BCUT2D eigenvalue weighted by Gasteiger charge is -2.43. The summed E-state index contributed by atoms with van der Waals surface area (Å²) >= 11 is 0. The van der Waals surface area contributed by atoms with Crippen molar-refractivity contribution in [3.63, 3.8) is 0 Å². The normalized spacial score (nSPS) is 27.0. The van der Waals surface area contributed by atoms with E-state index in [4.69, 9.17) is 9.47 Å². The van der Waals surface area contributed by atoms with E-state index in [0.717, 1.165) is 45.1 Å². The largest absolute Gasteiger partial charge is 0.497 e. The number of methoxy groups -OCH3 is 1. The molecule has 2 heterocycles. The van der Waals surface area contributed by atoms with Crippen LogP contribution >= 0.6 is 0 Å². The van der Waals surface area contributed by atoms with E-state index in [2.05, 4.69) is 41.0 Å². The molecule has 23 heavy (non-hydrogen) atoms. The SMILES string of the molecule is CCN1CCOCC2(CCCN(Cc3ccc(OC)cc3)C2)C1. The van der Waals surface area contributed by atoms with Crippen LogP contribution in [0.2, 0.25) is 0 Å². The molecule has 2 aliphatic heterocycles. The van der Waals surface area contributed by atoms with Gasteiger partial charge >= 0.3 is 0 Å². The van der Waals surface area contributed by atoms with Crippen molar-refractivity contribution >= 4 is 0 Å². The Hall–Kier alpha value is -1.10. The molecule has 2 fully saturated rings. The predicted octanol–water partition coefficient (Wildman–Crippen LogP) is 2.63. The molecule has 128 valence electrons. The molecule has 0 amide bonds. The number of rotatable bonds is 4. The number of benzene rings is 1. The summed E-state index contributed by atoms with van der Waals surface area (Å²) in [4.78, 5) is 5.16. The molecule has 2 aliphatic rings. The van der Waals surface area contributed by atoms with Crippen LogP contribution in [0.15, 0.2) is 24.3 Å². The smallest absolute Gasteiger partial charge is 0.118 e. The zero-order chi connectivity index (χ0) is 16.1. The summed E-state index contributed by atoms with van der Waals surface area (Å²) in [5, 5.41) is 0. The Balaban J connectivity index is 1.64. The van der Waals surface area contributed by atoms with E-state index < -0.39 is 0 Å². The van der Waals surface area contributed by atoms with Crippen molar-refractivity contribution in [1.82, 2.24) is 9.80 Å². The maximum absolute atomic E-state index is 5.96. The van der Waals surface area contributed by atoms with Gasteiger partial charge in [-0.25, -0.2) is 0 Å². The maximum atomic E-state index is 5.96. The summed E-state index contributed by atoms with van der Waals surface area (Å²) < 4.78 is 11.2. The monoisotopic (exact) mass is 318 g/mol. The highest BCUT2D eigenvalue weighted by Gasteiger charge is 2.38. The minimum atomic E-state index is 0.317. The quantitative estimate of drug-likeness (QED) is 0.852. The fourth-order valence-electron chi connectivity index (χ4n) is 4.03. The van der Waals surface area contributed by atoms with Gasteiger partial charge in [0.15, 0.2) is 0 Å². The van der Waals surface area contributed by atoms with Crippen LogP contribution in [-0.4, -0.2) is 62.8 Å². The highest BCUT2D eigenvalue weighted by molar-refractivity contribution is 5.27. The summed E-state index contributed by atoms with van der Waals surface area (Å²) in [7, 11) is 1.72. The van der Waals surface area contributed by atoms with Gasteiger partial charge in [-0.3, -0.25) is 4.90 Å². The fourth-order valence-corrected chi connectivity index (χ4v) is 4.03. The lowest BCUT2D eigenvalue weighted by atomic mass is 9.80. The molecule has 1 atom stereocenters. The first-order valence-corrected chi connectivity index (χ1v) is 8.88. The molecule has 0 bridgehead atoms. The molecule has 1 spiro atoms. The molecule has 0 N–H and O–H groups in total. The third-order valence-electron chi connectivity index (χ3n) is 5.27. The molecule has 2 saturated heterocycles. The Morgan fingerprint density at radius 3 is 2.65 bits per heavy atom. The van der Waals surface area contributed by atoms with Crippen LogP contribution in [0, 0.1) is 5.41 Å². The number of likely N-dealkylation sites (N-methyl/N-ethyl adjacent to an activating group) is 1. The Kier molecular flexibility index (Phi) is 5.57. The average Bonchev–Trinajstić information content (AvgIpc) is 2.78. The molecule has 0 saturated carbocycles. The highest BCUT2D eigenvalue weighted by Crippen LogP contribution is 2.33. The second-order valence-electron chi connectivity index (χ2n) is 7.08. The molecule has 0 radical (unpaired) electrons. The number of piperidine rings is 1. The van der Waals surface area contributed by atoms with Crippen molar-refractivity contribution in [2.45, 2.75) is 26.3 Å². The minimum absolute atomic E-state index is 0.317. The summed E-state index contributed by atoms with van der Waals surface area (Å²) in [6.07, 6.45) is 2.57. The van der Waals surface area contributed by atoms with E-state index in [1.54, 1.807) is 7.11 Å². The fraction of sp³-hybridized carbons (Fsp3) is 0.684. The van der Waals surface area contributed by atoms with Crippen LogP contribution in [-0.2, 0) is 11.3 Å². The van der Waals surface area contributed by atoms with Gasteiger partial charge in [-0.05, 0) is 43.6 Å². The van der Waals surface area contributed by atoms with E-state index >= 15 is 0 Å². The van der Waals surface area contributed by atoms with E-state index in [1.165, 1.54) is 31.5 Å². The van der Waals surface area contributed by atoms with E-state index in [9.17, 15) is 0 Å². The first kappa shape index (κ1) is 16.7. The van der Waals surface area contributed by atoms with Crippen LogP contribution in [0.25, 0.3) is 0 Å². The van der Waals surface area contributed by atoms with Crippen molar-refractivity contribution in [1.29, 1.82) is 0 Å². The van der Waals surface area contributed by atoms with Gasteiger partial charge < -0.3 is 14.4 Å². The number of hydrogen-bond acceptors (Lipinski definition) is 4. The zero-order valence-corrected chi connectivity index (χ0v) is 14.6. The number of hydrogen-bond donors (Lipinski definition) is 0. The van der Waals surface area contributed by atoms with Gasteiger partial charge in [0.25, 0.3) is 0 Å². The summed E-state index contributed by atoms with van der Waals surface area (Å²) in [6.45, 7) is 10.8. The molecule has 4 heteroatoms. The Labute approximate surface area is 140 Å².